The highest BCUT2D eigenvalue weighted by atomic mass is 79.9. The first-order chi connectivity index (χ1) is 8.95. The molecule has 1 aromatic heterocycles. The molecule has 0 radical (unpaired) electrons. The number of hydrogen-bond donors (Lipinski definition) is 1. The molecule has 19 heavy (non-hydrogen) atoms. The monoisotopic (exact) mass is 328 g/mol. The number of carbonyl (C=O) groups is 1. The van der Waals surface area contributed by atoms with Gasteiger partial charge in [-0.05, 0) is 34.1 Å². The topological polar surface area (TPSA) is 64.3 Å². The zero-order valence-corrected chi connectivity index (χ0v) is 11.7. The zero-order chi connectivity index (χ0) is 14.2. The van der Waals surface area contributed by atoms with E-state index < -0.39 is 11.8 Å². The van der Waals surface area contributed by atoms with Crippen LogP contribution in [0.4, 0.5) is 4.39 Å². The molecule has 1 N–H and O–H groups in total. The van der Waals surface area contributed by atoms with E-state index in [-0.39, 0.29) is 16.0 Å². The number of nitrogens with zero attached hydrogens (tertiary/aromatic N) is 2. The van der Waals surface area contributed by atoms with Gasteiger partial charge in [-0.25, -0.2) is 14.2 Å². The number of ether oxygens (including phenoxy) is 1. The predicted octanol–water partition coefficient (Wildman–Crippen LogP) is 2.70. The molecule has 0 unspecified atom stereocenters. The maximum Gasteiger partial charge on any atom is 0.355 e. The lowest BCUT2D eigenvalue weighted by Crippen LogP contribution is -2.06. The summed E-state index contributed by atoms with van der Waals surface area (Å²) >= 11 is 3.08. The number of halogens is 2. The molecule has 2 aromatic rings. The summed E-state index contributed by atoms with van der Waals surface area (Å²) in [5.74, 6) is -1.17. The van der Waals surface area contributed by atoms with E-state index in [2.05, 4.69) is 20.9 Å². The van der Waals surface area contributed by atoms with Crippen molar-refractivity contribution in [1.29, 1.82) is 0 Å². The second kappa shape index (κ2) is 5.00. The molecule has 0 saturated carbocycles. The second-order valence-corrected chi connectivity index (χ2v) is 4.54. The number of aromatic nitrogens is 2. The Labute approximate surface area is 116 Å². The third-order valence-corrected chi connectivity index (χ3v) is 3.22. The summed E-state index contributed by atoms with van der Waals surface area (Å²) in [6.07, 6.45) is 0. The third kappa shape index (κ3) is 2.33. The van der Waals surface area contributed by atoms with Crippen LogP contribution in [0.15, 0.2) is 22.8 Å². The molecule has 1 aromatic carbocycles. The molecule has 0 amide bonds. The molecule has 0 aliphatic rings. The summed E-state index contributed by atoms with van der Waals surface area (Å²) in [5, 5.41) is 9.06. The van der Waals surface area contributed by atoms with Crippen LogP contribution < -0.4 is 4.74 Å². The molecule has 0 aliphatic carbocycles. The first-order valence-corrected chi connectivity index (χ1v) is 6.04. The molecule has 0 fully saturated rings. The van der Waals surface area contributed by atoms with Gasteiger partial charge in [0.05, 0.1) is 7.11 Å². The van der Waals surface area contributed by atoms with Crippen molar-refractivity contribution in [3.05, 3.63) is 34.3 Å². The van der Waals surface area contributed by atoms with Gasteiger partial charge in [0.2, 0.25) is 0 Å². The number of carboxylic acid groups (broad SMARTS) is 1. The van der Waals surface area contributed by atoms with Crippen LogP contribution in [0.1, 0.15) is 10.5 Å². The van der Waals surface area contributed by atoms with Gasteiger partial charge in [-0.2, -0.15) is 0 Å². The van der Waals surface area contributed by atoms with E-state index in [0.717, 1.165) is 0 Å². The van der Waals surface area contributed by atoms with E-state index in [1.54, 1.807) is 13.1 Å². The van der Waals surface area contributed by atoms with Crippen molar-refractivity contribution in [3.8, 4) is 17.1 Å². The summed E-state index contributed by atoms with van der Waals surface area (Å²) in [5.41, 5.74) is 0.472. The van der Waals surface area contributed by atoms with E-state index in [9.17, 15) is 9.18 Å². The van der Waals surface area contributed by atoms with E-state index in [0.29, 0.717) is 11.4 Å². The SMILES string of the molecule is COc1ccc(-c2nc(Br)c(C(=O)O)n2C)cc1F. The van der Waals surface area contributed by atoms with Crippen LogP contribution in [0.25, 0.3) is 11.4 Å². The van der Waals surface area contributed by atoms with Gasteiger partial charge in [-0.15, -0.1) is 0 Å². The molecule has 5 nitrogen and oxygen atoms in total. The van der Waals surface area contributed by atoms with Crippen molar-refractivity contribution in [3.63, 3.8) is 0 Å². The third-order valence-electron chi connectivity index (χ3n) is 2.67. The number of carboxylic acids is 1. The van der Waals surface area contributed by atoms with Crippen LogP contribution in [0.3, 0.4) is 0 Å². The highest BCUT2D eigenvalue weighted by Gasteiger charge is 2.20. The average molecular weight is 329 g/mol. The Bertz CT molecular complexity index is 655. The van der Waals surface area contributed by atoms with Gasteiger partial charge in [0.25, 0.3) is 0 Å². The number of methoxy groups -OCH3 is 1. The molecule has 2 rings (SSSR count). The van der Waals surface area contributed by atoms with Crippen LogP contribution >= 0.6 is 15.9 Å². The fraction of sp³-hybridized carbons (Fsp3) is 0.167. The van der Waals surface area contributed by atoms with Crippen molar-refractivity contribution in [2.24, 2.45) is 7.05 Å². The predicted molar refractivity (Wildman–Crippen MR) is 69.8 cm³/mol. The Hall–Kier alpha value is -1.89. The van der Waals surface area contributed by atoms with Crippen LogP contribution in [0.2, 0.25) is 0 Å². The van der Waals surface area contributed by atoms with E-state index in [1.807, 2.05) is 0 Å². The van der Waals surface area contributed by atoms with Crippen molar-refractivity contribution in [1.82, 2.24) is 9.55 Å². The Balaban J connectivity index is 2.57. The van der Waals surface area contributed by atoms with Gasteiger partial charge < -0.3 is 14.4 Å². The highest BCUT2D eigenvalue weighted by Crippen LogP contribution is 2.28. The zero-order valence-electron chi connectivity index (χ0n) is 10.1. The normalized spacial score (nSPS) is 10.5. The Morgan fingerprint density at radius 1 is 1.53 bits per heavy atom. The smallest absolute Gasteiger partial charge is 0.355 e. The molecule has 7 heteroatoms. The van der Waals surface area contributed by atoms with Gasteiger partial charge >= 0.3 is 5.97 Å². The molecule has 1 heterocycles. The van der Waals surface area contributed by atoms with Crippen molar-refractivity contribution in [2.45, 2.75) is 0 Å². The molecule has 0 atom stereocenters. The maximum atomic E-state index is 13.6. The average Bonchev–Trinajstić information content (AvgIpc) is 2.64. The summed E-state index contributed by atoms with van der Waals surface area (Å²) in [6, 6.07) is 4.33. The molecule has 0 aliphatic heterocycles. The largest absolute Gasteiger partial charge is 0.494 e. The lowest BCUT2D eigenvalue weighted by molar-refractivity contribution is 0.0685. The van der Waals surface area contributed by atoms with Gasteiger partial charge in [-0.1, -0.05) is 0 Å². The number of rotatable bonds is 3. The van der Waals surface area contributed by atoms with Crippen LogP contribution in [0, 0.1) is 5.82 Å². The minimum Gasteiger partial charge on any atom is -0.494 e. The fourth-order valence-electron chi connectivity index (χ4n) is 1.76. The lowest BCUT2D eigenvalue weighted by Gasteiger charge is -2.06. The first-order valence-electron chi connectivity index (χ1n) is 5.25. The van der Waals surface area contributed by atoms with Crippen molar-refractivity contribution >= 4 is 21.9 Å². The van der Waals surface area contributed by atoms with Gasteiger partial charge in [0.1, 0.15) is 10.4 Å². The molecule has 0 bridgehead atoms. The van der Waals surface area contributed by atoms with E-state index >= 15 is 0 Å². The van der Waals surface area contributed by atoms with Crippen LogP contribution in [0.5, 0.6) is 5.75 Å². The van der Waals surface area contributed by atoms with E-state index in [4.69, 9.17) is 9.84 Å². The van der Waals surface area contributed by atoms with Crippen LogP contribution in [-0.2, 0) is 7.05 Å². The molecule has 0 spiro atoms. The lowest BCUT2D eigenvalue weighted by atomic mass is 10.2. The number of aromatic carboxylic acids is 1. The highest BCUT2D eigenvalue weighted by molar-refractivity contribution is 9.10. The molecular weight excluding hydrogens is 319 g/mol. The number of imidazole rings is 1. The summed E-state index contributed by atoms with van der Waals surface area (Å²) in [6.45, 7) is 0. The molecule has 100 valence electrons. The Morgan fingerprint density at radius 3 is 2.68 bits per heavy atom. The van der Waals surface area contributed by atoms with Gasteiger partial charge in [-0.3, -0.25) is 0 Å². The minimum absolute atomic E-state index is 0.00577. The number of benzene rings is 1. The fourth-order valence-corrected chi connectivity index (χ4v) is 2.36. The molecule has 0 saturated heterocycles. The number of hydrogen-bond acceptors (Lipinski definition) is 3. The van der Waals surface area contributed by atoms with Gasteiger partial charge in [0, 0.05) is 12.6 Å². The first kappa shape index (κ1) is 13.5. The quantitative estimate of drug-likeness (QED) is 0.940. The van der Waals surface area contributed by atoms with Crippen molar-refractivity contribution in [2.75, 3.05) is 7.11 Å². The van der Waals surface area contributed by atoms with Crippen LogP contribution in [-0.4, -0.2) is 27.7 Å². The Morgan fingerprint density at radius 2 is 2.21 bits per heavy atom. The standard InChI is InChI=1S/C12H10BrFN2O3/c1-16-9(12(17)18)10(13)15-11(16)6-3-4-8(19-2)7(14)5-6/h3-5H,1-2H3,(H,17,18). The summed E-state index contributed by atoms with van der Waals surface area (Å²) < 4.78 is 20.1. The molecular formula is C12H10BrFN2O3. The second-order valence-electron chi connectivity index (χ2n) is 3.79. The summed E-state index contributed by atoms with van der Waals surface area (Å²) in [4.78, 5) is 15.2. The van der Waals surface area contributed by atoms with Gasteiger partial charge in [0.15, 0.2) is 17.3 Å². The maximum absolute atomic E-state index is 13.6. The minimum atomic E-state index is -1.11. The van der Waals surface area contributed by atoms with Crippen molar-refractivity contribution < 1.29 is 19.0 Å². The summed E-state index contributed by atoms with van der Waals surface area (Å²) in [7, 11) is 2.93. The van der Waals surface area contributed by atoms with E-state index in [1.165, 1.54) is 23.8 Å². The Kier molecular flexibility index (Phi) is 3.57.